The van der Waals surface area contributed by atoms with E-state index in [0.29, 0.717) is 11.1 Å². The second-order valence-corrected chi connectivity index (χ2v) is 5.53. The molecule has 4 nitrogen and oxygen atoms in total. The van der Waals surface area contributed by atoms with Crippen molar-refractivity contribution in [2.75, 3.05) is 0 Å². The lowest BCUT2D eigenvalue weighted by Gasteiger charge is -2.10. The summed E-state index contributed by atoms with van der Waals surface area (Å²) in [4.78, 5) is 0. The number of nitrogens with zero attached hydrogens (tertiary/aromatic N) is 3. The molecule has 0 aliphatic heterocycles. The van der Waals surface area contributed by atoms with E-state index in [9.17, 15) is 0 Å². The van der Waals surface area contributed by atoms with Gasteiger partial charge in [-0.1, -0.05) is 30.7 Å². The van der Waals surface area contributed by atoms with Gasteiger partial charge < -0.3 is 5.32 Å². The van der Waals surface area contributed by atoms with Gasteiger partial charge in [-0.05, 0) is 34.1 Å². The Kier molecular flexibility index (Phi) is 4.37. The zero-order valence-electron chi connectivity index (χ0n) is 10.2. The minimum Gasteiger partial charge on any atom is -0.309 e. The number of hydrogen-bond acceptors (Lipinski definition) is 3. The largest absolute Gasteiger partial charge is 0.309 e. The fraction of sp³-hybridized carbons (Fsp3) is 0.333. The molecule has 1 aromatic heterocycles. The number of rotatable bonds is 4. The minimum absolute atomic E-state index is 0.422. The van der Waals surface area contributed by atoms with Crippen LogP contribution in [0.4, 0.5) is 0 Å². The van der Waals surface area contributed by atoms with E-state index in [1.54, 1.807) is 10.9 Å². The van der Waals surface area contributed by atoms with Crippen LogP contribution in [0, 0.1) is 0 Å². The van der Waals surface area contributed by atoms with Gasteiger partial charge in [0, 0.05) is 17.1 Å². The standard InChI is InChI=1S/C12H14BrClN4/c1-8(2)15-6-10-7-16-17-18(10)9-3-4-12(14)11(13)5-9/h3-5,7-8,15H,6H2,1-2H3. The van der Waals surface area contributed by atoms with Crippen LogP contribution in [0.15, 0.2) is 28.9 Å². The molecule has 0 aliphatic rings. The Morgan fingerprint density at radius 1 is 1.44 bits per heavy atom. The Morgan fingerprint density at radius 3 is 2.89 bits per heavy atom. The van der Waals surface area contributed by atoms with E-state index in [-0.39, 0.29) is 0 Å². The third kappa shape index (κ3) is 3.10. The van der Waals surface area contributed by atoms with E-state index in [1.165, 1.54) is 0 Å². The van der Waals surface area contributed by atoms with Crippen LogP contribution in [-0.2, 0) is 6.54 Å². The van der Waals surface area contributed by atoms with Crippen molar-refractivity contribution in [3.05, 3.63) is 39.6 Å². The van der Waals surface area contributed by atoms with Gasteiger partial charge in [-0.25, -0.2) is 4.68 Å². The fourth-order valence-corrected chi connectivity index (χ4v) is 2.00. The van der Waals surface area contributed by atoms with Gasteiger partial charge in [0.2, 0.25) is 0 Å². The SMILES string of the molecule is CC(C)NCc1cnnn1-c1ccc(Cl)c(Br)c1. The molecule has 0 fully saturated rings. The smallest absolute Gasteiger partial charge is 0.0783 e. The predicted molar refractivity (Wildman–Crippen MR) is 76.0 cm³/mol. The molecule has 96 valence electrons. The highest BCUT2D eigenvalue weighted by Crippen LogP contribution is 2.25. The van der Waals surface area contributed by atoms with E-state index < -0.39 is 0 Å². The van der Waals surface area contributed by atoms with Crippen LogP contribution in [0.3, 0.4) is 0 Å². The van der Waals surface area contributed by atoms with Crippen molar-refractivity contribution in [1.29, 1.82) is 0 Å². The molecule has 0 spiro atoms. The Labute approximate surface area is 119 Å². The summed E-state index contributed by atoms with van der Waals surface area (Å²) in [5.74, 6) is 0. The summed E-state index contributed by atoms with van der Waals surface area (Å²) < 4.78 is 2.65. The van der Waals surface area contributed by atoms with Crippen molar-refractivity contribution < 1.29 is 0 Å². The molecule has 0 saturated carbocycles. The maximum absolute atomic E-state index is 5.98. The first kappa shape index (κ1) is 13.5. The molecule has 1 N–H and O–H groups in total. The van der Waals surface area contributed by atoms with Crippen molar-refractivity contribution >= 4 is 27.5 Å². The van der Waals surface area contributed by atoms with Gasteiger partial charge in [0.05, 0.1) is 22.6 Å². The summed E-state index contributed by atoms with van der Waals surface area (Å²) in [6, 6.07) is 6.10. The van der Waals surface area contributed by atoms with Crippen LogP contribution >= 0.6 is 27.5 Å². The van der Waals surface area contributed by atoms with E-state index in [2.05, 4.69) is 45.4 Å². The normalized spacial score (nSPS) is 11.2. The van der Waals surface area contributed by atoms with Crippen LogP contribution < -0.4 is 5.32 Å². The van der Waals surface area contributed by atoms with Crippen molar-refractivity contribution in [2.45, 2.75) is 26.4 Å². The van der Waals surface area contributed by atoms with Crippen LogP contribution in [0.2, 0.25) is 5.02 Å². The summed E-state index contributed by atoms with van der Waals surface area (Å²) >= 11 is 9.39. The maximum Gasteiger partial charge on any atom is 0.0783 e. The summed E-state index contributed by atoms with van der Waals surface area (Å²) in [7, 11) is 0. The number of nitrogens with one attached hydrogen (secondary N) is 1. The molecule has 1 aromatic carbocycles. The second-order valence-electron chi connectivity index (χ2n) is 4.27. The molecule has 0 saturated heterocycles. The van der Waals surface area contributed by atoms with Crippen molar-refractivity contribution in [1.82, 2.24) is 20.3 Å². The van der Waals surface area contributed by atoms with Gasteiger partial charge >= 0.3 is 0 Å². The van der Waals surface area contributed by atoms with Crippen molar-refractivity contribution in [2.24, 2.45) is 0 Å². The third-order valence-corrected chi connectivity index (χ3v) is 3.67. The highest BCUT2D eigenvalue weighted by Gasteiger charge is 2.08. The number of halogens is 2. The first-order valence-corrected chi connectivity index (χ1v) is 6.83. The van der Waals surface area contributed by atoms with Gasteiger partial charge in [0.1, 0.15) is 0 Å². The molecular formula is C12H14BrClN4. The molecule has 2 aromatic rings. The lowest BCUT2D eigenvalue weighted by Crippen LogP contribution is -2.23. The predicted octanol–water partition coefficient (Wildman–Crippen LogP) is 3.18. The Hall–Kier alpha value is -0.910. The molecule has 18 heavy (non-hydrogen) atoms. The highest BCUT2D eigenvalue weighted by molar-refractivity contribution is 9.10. The lowest BCUT2D eigenvalue weighted by molar-refractivity contribution is 0.570. The number of hydrogen-bond donors (Lipinski definition) is 1. The summed E-state index contributed by atoms with van der Waals surface area (Å²) in [5, 5.41) is 12.1. The van der Waals surface area contributed by atoms with Crippen LogP contribution in [0.1, 0.15) is 19.5 Å². The van der Waals surface area contributed by atoms with E-state index in [4.69, 9.17) is 11.6 Å². The fourth-order valence-electron chi connectivity index (χ4n) is 1.52. The quantitative estimate of drug-likeness (QED) is 0.937. The number of aromatic nitrogens is 3. The second kappa shape index (κ2) is 5.82. The van der Waals surface area contributed by atoms with Gasteiger partial charge in [-0.3, -0.25) is 0 Å². The van der Waals surface area contributed by atoms with Crippen LogP contribution in [0.5, 0.6) is 0 Å². The minimum atomic E-state index is 0.422. The zero-order chi connectivity index (χ0) is 13.1. The van der Waals surface area contributed by atoms with Crippen LogP contribution in [0.25, 0.3) is 5.69 Å². The van der Waals surface area contributed by atoms with Crippen molar-refractivity contribution in [3.63, 3.8) is 0 Å². The first-order valence-electron chi connectivity index (χ1n) is 5.66. The topological polar surface area (TPSA) is 42.7 Å². The molecule has 0 unspecified atom stereocenters. The van der Waals surface area contributed by atoms with Gasteiger partial charge in [0.25, 0.3) is 0 Å². The van der Waals surface area contributed by atoms with E-state index in [1.807, 2.05) is 18.2 Å². The van der Waals surface area contributed by atoms with Gasteiger partial charge in [0.15, 0.2) is 0 Å². The average molecular weight is 330 g/mol. The van der Waals surface area contributed by atoms with E-state index in [0.717, 1.165) is 22.4 Å². The molecule has 0 amide bonds. The molecular weight excluding hydrogens is 316 g/mol. The monoisotopic (exact) mass is 328 g/mol. The first-order chi connectivity index (χ1) is 8.58. The summed E-state index contributed by atoms with van der Waals surface area (Å²) in [6.07, 6.45) is 1.76. The summed E-state index contributed by atoms with van der Waals surface area (Å²) in [5.41, 5.74) is 1.95. The summed E-state index contributed by atoms with van der Waals surface area (Å²) in [6.45, 7) is 4.94. The molecule has 0 bridgehead atoms. The van der Waals surface area contributed by atoms with E-state index >= 15 is 0 Å². The highest BCUT2D eigenvalue weighted by atomic mass is 79.9. The lowest BCUT2D eigenvalue weighted by atomic mass is 10.3. The zero-order valence-corrected chi connectivity index (χ0v) is 12.5. The Morgan fingerprint density at radius 2 is 2.22 bits per heavy atom. The van der Waals surface area contributed by atoms with Gasteiger partial charge in [-0.2, -0.15) is 0 Å². The molecule has 0 radical (unpaired) electrons. The molecule has 6 heteroatoms. The average Bonchev–Trinajstić information content (AvgIpc) is 2.78. The molecule has 0 aliphatic carbocycles. The van der Waals surface area contributed by atoms with Crippen LogP contribution in [-0.4, -0.2) is 21.0 Å². The Bertz CT molecular complexity index is 539. The number of benzene rings is 1. The maximum atomic E-state index is 5.98. The van der Waals surface area contributed by atoms with Crippen molar-refractivity contribution in [3.8, 4) is 5.69 Å². The van der Waals surface area contributed by atoms with Gasteiger partial charge in [-0.15, -0.1) is 5.10 Å². The molecule has 2 rings (SSSR count). The molecule has 1 heterocycles. The Balaban J connectivity index is 2.27. The third-order valence-electron chi connectivity index (χ3n) is 2.46. The molecule has 0 atom stereocenters.